The van der Waals surface area contributed by atoms with E-state index in [1.807, 2.05) is 13.8 Å². The summed E-state index contributed by atoms with van der Waals surface area (Å²) in [6.45, 7) is 3.71. The number of amides is 1. The number of aliphatic carboxylic acids is 1. The van der Waals surface area contributed by atoms with Crippen LogP contribution in [0.1, 0.15) is 20.3 Å². The Balaban J connectivity index is 1.99. The molecule has 0 saturated carbocycles. The maximum absolute atomic E-state index is 12.2. The van der Waals surface area contributed by atoms with Crippen LogP contribution in [-0.4, -0.2) is 49.9 Å². The minimum Gasteiger partial charge on any atom is -0.481 e. The third-order valence-corrected chi connectivity index (χ3v) is 7.16. The minimum absolute atomic E-state index is 0.111. The maximum atomic E-state index is 12.2. The Bertz CT molecular complexity index is 684. The molecule has 7 nitrogen and oxygen atoms in total. The molecule has 1 aromatic rings. The van der Waals surface area contributed by atoms with Crippen LogP contribution in [0.25, 0.3) is 0 Å². The fraction of sp³-hybridized carbons (Fsp3) is 0.571. The number of carbonyl (C=O) groups excluding carboxylic acids is 1. The van der Waals surface area contributed by atoms with Gasteiger partial charge in [0.15, 0.2) is 0 Å². The van der Waals surface area contributed by atoms with Gasteiger partial charge in [0.1, 0.15) is 4.21 Å². The molecule has 1 saturated heterocycles. The summed E-state index contributed by atoms with van der Waals surface area (Å²) in [5.74, 6) is -1.43. The molecule has 2 heterocycles. The Kier molecular flexibility index (Phi) is 5.12. The number of likely N-dealkylation sites (tertiary alicyclic amines) is 1. The number of nitrogens with zero attached hydrogens (tertiary/aromatic N) is 1. The number of carboxylic acids is 1. The molecule has 2 N–H and O–H groups in total. The van der Waals surface area contributed by atoms with Gasteiger partial charge in [-0.25, -0.2) is 13.1 Å². The Morgan fingerprint density at radius 3 is 2.65 bits per heavy atom. The van der Waals surface area contributed by atoms with Crippen molar-refractivity contribution in [3.05, 3.63) is 17.5 Å². The lowest BCUT2D eigenvalue weighted by Crippen LogP contribution is -2.43. The van der Waals surface area contributed by atoms with Gasteiger partial charge < -0.3 is 10.0 Å². The number of carboxylic acid groups (broad SMARTS) is 1. The molecule has 1 aliphatic heterocycles. The fourth-order valence-electron chi connectivity index (χ4n) is 2.69. The lowest BCUT2D eigenvalue weighted by molar-refractivity contribution is -0.151. The Morgan fingerprint density at radius 2 is 2.17 bits per heavy atom. The van der Waals surface area contributed by atoms with E-state index in [9.17, 15) is 23.1 Å². The molecule has 1 atom stereocenters. The monoisotopic (exact) mass is 360 g/mol. The normalized spacial score (nSPS) is 21.8. The van der Waals surface area contributed by atoms with Crippen molar-refractivity contribution in [2.45, 2.75) is 24.5 Å². The van der Waals surface area contributed by atoms with E-state index < -0.39 is 27.3 Å². The van der Waals surface area contributed by atoms with Crippen molar-refractivity contribution >= 4 is 33.2 Å². The molecular formula is C14H20N2O5S2. The average Bonchev–Trinajstić information content (AvgIpc) is 3.14. The SMILES string of the molecule is CC(C)C1(C(=O)O)CCN(C(=O)CNS(=O)(=O)c2cccs2)C1. The molecule has 0 spiro atoms. The van der Waals surface area contributed by atoms with E-state index in [0.29, 0.717) is 13.0 Å². The van der Waals surface area contributed by atoms with E-state index in [1.54, 1.807) is 11.4 Å². The first kappa shape index (κ1) is 17.9. The zero-order chi connectivity index (χ0) is 17.3. The molecule has 128 valence electrons. The highest BCUT2D eigenvalue weighted by molar-refractivity contribution is 7.91. The first-order chi connectivity index (χ1) is 10.7. The van der Waals surface area contributed by atoms with Crippen molar-refractivity contribution in [2.24, 2.45) is 11.3 Å². The second kappa shape index (κ2) is 6.58. The van der Waals surface area contributed by atoms with Gasteiger partial charge in [-0.05, 0) is 23.8 Å². The summed E-state index contributed by atoms with van der Waals surface area (Å²) in [4.78, 5) is 25.2. The topological polar surface area (TPSA) is 104 Å². The van der Waals surface area contributed by atoms with Crippen LogP contribution in [0.4, 0.5) is 0 Å². The number of sulfonamides is 1. The summed E-state index contributed by atoms with van der Waals surface area (Å²) in [6, 6.07) is 3.08. The lowest BCUT2D eigenvalue weighted by Gasteiger charge is -2.28. The van der Waals surface area contributed by atoms with Crippen molar-refractivity contribution < 1.29 is 23.1 Å². The molecule has 1 aliphatic rings. The molecule has 1 aromatic heterocycles. The van der Waals surface area contributed by atoms with Crippen LogP contribution in [0, 0.1) is 11.3 Å². The van der Waals surface area contributed by atoms with Gasteiger partial charge in [0.2, 0.25) is 5.91 Å². The van der Waals surface area contributed by atoms with E-state index in [4.69, 9.17) is 0 Å². The summed E-state index contributed by atoms with van der Waals surface area (Å²) in [6.07, 6.45) is 0.378. The summed E-state index contributed by atoms with van der Waals surface area (Å²) in [7, 11) is -3.70. The quantitative estimate of drug-likeness (QED) is 0.787. The Hall–Kier alpha value is -1.45. The fourth-order valence-corrected chi connectivity index (χ4v) is 4.71. The van der Waals surface area contributed by atoms with Crippen molar-refractivity contribution in [2.75, 3.05) is 19.6 Å². The highest BCUT2D eigenvalue weighted by Crippen LogP contribution is 2.38. The first-order valence-corrected chi connectivity index (χ1v) is 9.60. The van der Waals surface area contributed by atoms with Gasteiger partial charge in [0.05, 0.1) is 12.0 Å². The summed E-state index contributed by atoms with van der Waals surface area (Å²) < 4.78 is 26.4. The number of hydrogen-bond acceptors (Lipinski definition) is 5. The molecule has 9 heteroatoms. The highest BCUT2D eigenvalue weighted by atomic mass is 32.2. The number of nitrogens with one attached hydrogen (secondary N) is 1. The van der Waals surface area contributed by atoms with Crippen LogP contribution in [0.15, 0.2) is 21.7 Å². The van der Waals surface area contributed by atoms with Gasteiger partial charge in [-0.15, -0.1) is 11.3 Å². The van der Waals surface area contributed by atoms with Crippen LogP contribution < -0.4 is 4.72 Å². The van der Waals surface area contributed by atoms with E-state index >= 15 is 0 Å². The van der Waals surface area contributed by atoms with Crippen LogP contribution in [0.5, 0.6) is 0 Å². The molecule has 0 radical (unpaired) electrons. The van der Waals surface area contributed by atoms with Crippen molar-refractivity contribution in [1.82, 2.24) is 9.62 Å². The zero-order valence-electron chi connectivity index (χ0n) is 13.0. The second-order valence-corrected chi connectivity index (χ2v) is 8.88. The van der Waals surface area contributed by atoms with Crippen LogP contribution in [0.3, 0.4) is 0 Å². The third-order valence-electron chi connectivity index (χ3n) is 4.36. The number of thiophene rings is 1. The standard InChI is InChI=1S/C14H20N2O5S2/c1-10(2)14(13(18)19)5-6-16(9-14)11(17)8-15-23(20,21)12-4-3-7-22-12/h3-4,7,10,15H,5-6,8-9H2,1-2H3,(H,18,19). The van der Waals surface area contributed by atoms with E-state index in [-0.39, 0.29) is 23.2 Å². The van der Waals surface area contributed by atoms with Crippen LogP contribution in [-0.2, 0) is 19.6 Å². The van der Waals surface area contributed by atoms with Crippen molar-refractivity contribution in [1.29, 1.82) is 0 Å². The minimum atomic E-state index is -3.70. The van der Waals surface area contributed by atoms with Crippen molar-refractivity contribution in [3.8, 4) is 0 Å². The molecule has 0 aromatic carbocycles. The molecule has 1 fully saturated rings. The smallest absolute Gasteiger partial charge is 0.311 e. The van der Waals surface area contributed by atoms with Gasteiger partial charge in [0.25, 0.3) is 10.0 Å². The van der Waals surface area contributed by atoms with Gasteiger partial charge in [-0.1, -0.05) is 19.9 Å². The average molecular weight is 360 g/mol. The maximum Gasteiger partial charge on any atom is 0.311 e. The van der Waals surface area contributed by atoms with Gasteiger partial charge in [-0.3, -0.25) is 9.59 Å². The molecule has 2 rings (SSSR count). The van der Waals surface area contributed by atoms with Crippen molar-refractivity contribution in [3.63, 3.8) is 0 Å². The first-order valence-electron chi connectivity index (χ1n) is 7.23. The molecule has 0 bridgehead atoms. The van der Waals surface area contributed by atoms with Gasteiger partial charge in [-0.2, -0.15) is 0 Å². The molecule has 0 aliphatic carbocycles. The van der Waals surface area contributed by atoms with Crippen LogP contribution in [0.2, 0.25) is 0 Å². The predicted molar refractivity (Wildman–Crippen MR) is 85.6 cm³/mol. The van der Waals surface area contributed by atoms with Crippen LogP contribution >= 0.6 is 11.3 Å². The third kappa shape index (κ3) is 3.56. The summed E-state index contributed by atoms with van der Waals surface area (Å²) >= 11 is 1.07. The van der Waals surface area contributed by atoms with E-state index in [0.717, 1.165) is 11.3 Å². The molecule has 1 unspecified atom stereocenters. The largest absolute Gasteiger partial charge is 0.481 e. The van der Waals surface area contributed by atoms with Gasteiger partial charge >= 0.3 is 5.97 Å². The van der Waals surface area contributed by atoms with E-state index in [1.165, 1.54) is 11.0 Å². The Morgan fingerprint density at radius 1 is 1.48 bits per heavy atom. The second-order valence-electron chi connectivity index (χ2n) is 5.94. The van der Waals surface area contributed by atoms with Gasteiger partial charge in [0, 0.05) is 13.1 Å². The Labute approximate surface area is 139 Å². The molecular weight excluding hydrogens is 340 g/mol. The lowest BCUT2D eigenvalue weighted by atomic mass is 9.76. The number of hydrogen-bond donors (Lipinski definition) is 2. The highest BCUT2D eigenvalue weighted by Gasteiger charge is 2.48. The predicted octanol–water partition coefficient (Wildman–Crippen LogP) is 0.986. The number of carbonyl (C=O) groups is 2. The summed E-state index contributed by atoms with van der Waals surface area (Å²) in [5, 5.41) is 11.1. The summed E-state index contributed by atoms with van der Waals surface area (Å²) in [5.41, 5.74) is -0.956. The number of rotatable bonds is 6. The molecule has 23 heavy (non-hydrogen) atoms. The molecule has 1 amide bonds. The zero-order valence-corrected chi connectivity index (χ0v) is 14.6. The van der Waals surface area contributed by atoms with E-state index in [2.05, 4.69) is 4.72 Å².